The molecule has 0 aliphatic carbocycles. The minimum Gasteiger partial charge on any atom is -0.326 e. The first-order valence-corrected chi connectivity index (χ1v) is 4.86. The van der Waals surface area contributed by atoms with Crippen molar-refractivity contribution < 1.29 is 4.39 Å². The van der Waals surface area contributed by atoms with Gasteiger partial charge in [-0.1, -0.05) is 0 Å². The predicted molar refractivity (Wildman–Crippen MR) is 54.7 cm³/mol. The molecule has 11 heavy (non-hydrogen) atoms. The van der Waals surface area contributed by atoms with E-state index in [1.54, 1.807) is 6.07 Å². The van der Waals surface area contributed by atoms with E-state index in [1.165, 1.54) is 6.07 Å². The third kappa shape index (κ3) is 2.13. The van der Waals surface area contributed by atoms with Gasteiger partial charge in [0, 0.05) is 20.2 Å². The molecule has 0 radical (unpaired) electrons. The standard InChI is InChI=1S/C7H6BrFIN/c8-5-1-4(3-11)6(9)2-7(5)10/h1-2H,3,11H2. The highest BCUT2D eigenvalue weighted by Crippen LogP contribution is 2.22. The van der Waals surface area contributed by atoms with Crippen molar-refractivity contribution >= 4 is 38.5 Å². The van der Waals surface area contributed by atoms with Crippen LogP contribution in [0.3, 0.4) is 0 Å². The van der Waals surface area contributed by atoms with Crippen LogP contribution in [0.1, 0.15) is 5.56 Å². The van der Waals surface area contributed by atoms with Crippen LogP contribution in [0.25, 0.3) is 0 Å². The van der Waals surface area contributed by atoms with Gasteiger partial charge in [0.25, 0.3) is 0 Å². The Bertz CT molecular complexity index is 277. The van der Waals surface area contributed by atoms with E-state index >= 15 is 0 Å². The first kappa shape index (κ1) is 9.41. The fourth-order valence-electron chi connectivity index (χ4n) is 0.720. The summed E-state index contributed by atoms with van der Waals surface area (Å²) in [6.07, 6.45) is 0. The maximum absolute atomic E-state index is 12.9. The molecule has 0 saturated carbocycles. The average molecular weight is 330 g/mol. The van der Waals surface area contributed by atoms with Gasteiger partial charge in [-0.3, -0.25) is 0 Å². The summed E-state index contributed by atoms with van der Waals surface area (Å²) in [6, 6.07) is 3.17. The van der Waals surface area contributed by atoms with Crippen LogP contribution in [0.5, 0.6) is 0 Å². The zero-order chi connectivity index (χ0) is 8.43. The molecule has 0 saturated heterocycles. The minimum absolute atomic E-state index is 0.236. The van der Waals surface area contributed by atoms with Crippen molar-refractivity contribution in [2.24, 2.45) is 5.73 Å². The minimum atomic E-state index is -0.236. The van der Waals surface area contributed by atoms with Crippen molar-refractivity contribution in [1.82, 2.24) is 0 Å². The van der Waals surface area contributed by atoms with Crippen molar-refractivity contribution in [3.05, 3.63) is 31.6 Å². The summed E-state index contributed by atoms with van der Waals surface area (Å²) < 4.78 is 14.7. The van der Waals surface area contributed by atoms with Gasteiger partial charge in [0.2, 0.25) is 0 Å². The van der Waals surface area contributed by atoms with Gasteiger partial charge in [-0.25, -0.2) is 4.39 Å². The molecule has 0 bridgehead atoms. The normalized spacial score (nSPS) is 10.2. The SMILES string of the molecule is NCc1cc(Br)c(I)cc1F. The maximum atomic E-state index is 12.9. The molecule has 0 heterocycles. The zero-order valence-corrected chi connectivity index (χ0v) is 9.32. The second kappa shape index (κ2) is 3.82. The van der Waals surface area contributed by atoms with Crippen molar-refractivity contribution in [1.29, 1.82) is 0 Å². The van der Waals surface area contributed by atoms with Crippen LogP contribution in [0.4, 0.5) is 4.39 Å². The lowest BCUT2D eigenvalue weighted by Gasteiger charge is -2.01. The lowest BCUT2D eigenvalue weighted by atomic mass is 10.2. The van der Waals surface area contributed by atoms with Crippen LogP contribution in [-0.4, -0.2) is 0 Å². The Morgan fingerprint density at radius 2 is 2.18 bits per heavy atom. The van der Waals surface area contributed by atoms with E-state index in [9.17, 15) is 4.39 Å². The Hall–Kier alpha value is 0.320. The highest BCUT2D eigenvalue weighted by Gasteiger charge is 2.03. The molecular weight excluding hydrogens is 324 g/mol. The molecule has 1 rings (SSSR count). The summed E-state index contributed by atoms with van der Waals surface area (Å²) in [5, 5.41) is 0. The van der Waals surface area contributed by atoms with E-state index in [0.717, 1.165) is 8.04 Å². The lowest BCUT2D eigenvalue weighted by Crippen LogP contribution is -2.00. The third-order valence-electron chi connectivity index (χ3n) is 1.31. The van der Waals surface area contributed by atoms with E-state index in [-0.39, 0.29) is 12.4 Å². The van der Waals surface area contributed by atoms with E-state index in [2.05, 4.69) is 38.5 Å². The van der Waals surface area contributed by atoms with Crippen molar-refractivity contribution in [2.45, 2.75) is 6.54 Å². The van der Waals surface area contributed by atoms with Gasteiger partial charge in [0.05, 0.1) is 0 Å². The van der Waals surface area contributed by atoms with E-state index in [0.29, 0.717) is 5.56 Å². The Morgan fingerprint density at radius 1 is 1.55 bits per heavy atom. The highest BCUT2D eigenvalue weighted by molar-refractivity contribution is 14.1. The lowest BCUT2D eigenvalue weighted by molar-refractivity contribution is 0.609. The van der Waals surface area contributed by atoms with Gasteiger partial charge in [0.15, 0.2) is 0 Å². The van der Waals surface area contributed by atoms with Crippen LogP contribution < -0.4 is 5.73 Å². The van der Waals surface area contributed by atoms with Crippen LogP contribution >= 0.6 is 38.5 Å². The number of halogens is 3. The van der Waals surface area contributed by atoms with Gasteiger partial charge >= 0.3 is 0 Å². The van der Waals surface area contributed by atoms with Crippen LogP contribution in [0.2, 0.25) is 0 Å². The maximum Gasteiger partial charge on any atom is 0.128 e. The van der Waals surface area contributed by atoms with Crippen molar-refractivity contribution in [3.8, 4) is 0 Å². The first-order chi connectivity index (χ1) is 5.15. The molecular formula is C7H6BrFIN. The number of hydrogen-bond acceptors (Lipinski definition) is 1. The van der Waals surface area contributed by atoms with Crippen LogP contribution in [-0.2, 0) is 6.54 Å². The van der Waals surface area contributed by atoms with Gasteiger partial charge in [-0.15, -0.1) is 0 Å². The van der Waals surface area contributed by atoms with Crippen LogP contribution in [0.15, 0.2) is 16.6 Å². The average Bonchev–Trinajstić information content (AvgIpc) is 1.97. The zero-order valence-electron chi connectivity index (χ0n) is 5.57. The van der Waals surface area contributed by atoms with Crippen molar-refractivity contribution in [2.75, 3.05) is 0 Å². The number of hydrogen-bond donors (Lipinski definition) is 1. The van der Waals surface area contributed by atoms with Gasteiger partial charge in [-0.05, 0) is 50.7 Å². The molecule has 0 fully saturated rings. The second-order valence-electron chi connectivity index (χ2n) is 2.06. The molecule has 0 amide bonds. The molecule has 1 aromatic carbocycles. The van der Waals surface area contributed by atoms with Gasteiger partial charge in [0.1, 0.15) is 5.82 Å². The fourth-order valence-corrected chi connectivity index (χ4v) is 1.54. The number of rotatable bonds is 1. The fraction of sp³-hybridized carbons (Fsp3) is 0.143. The molecule has 0 atom stereocenters. The molecule has 4 heteroatoms. The first-order valence-electron chi connectivity index (χ1n) is 2.98. The highest BCUT2D eigenvalue weighted by atomic mass is 127. The summed E-state index contributed by atoms with van der Waals surface area (Å²) in [4.78, 5) is 0. The summed E-state index contributed by atoms with van der Waals surface area (Å²) in [7, 11) is 0. The molecule has 60 valence electrons. The molecule has 0 spiro atoms. The molecule has 1 aromatic rings. The summed E-state index contributed by atoms with van der Waals surface area (Å²) in [5.74, 6) is -0.236. The van der Waals surface area contributed by atoms with Gasteiger partial charge < -0.3 is 5.73 Å². The van der Waals surface area contributed by atoms with Crippen LogP contribution in [0, 0.1) is 9.39 Å². The molecule has 0 aliphatic rings. The van der Waals surface area contributed by atoms with E-state index in [1.807, 2.05) is 0 Å². The largest absolute Gasteiger partial charge is 0.326 e. The molecule has 2 N–H and O–H groups in total. The van der Waals surface area contributed by atoms with Crippen molar-refractivity contribution in [3.63, 3.8) is 0 Å². The molecule has 0 unspecified atom stereocenters. The number of nitrogens with two attached hydrogens (primary N) is 1. The van der Waals surface area contributed by atoms with E-state index in [4.69, 9.17) is 5.73 Å². The summed E-state index contributed by atoms with van der Waals surface area (Å²) in [5.41, 5.74) is 5.85. The Balaban J connectivity index is 3.21. The predicted octanol–water partition coefficient (Wildman–Crippen LogP) is 2.65. The molecule has 0 aromatic heterocycles. The van der Waals surface area contributed by atoms with E-state index < -0.39 is 0 Å². The smallest absolute Gasteiger partial charge is 0.128 e. The van der Waals surface area contributed by atoms with Gasteiger partial charge in [-0.2, -0.15) is 0 Å². The monoisotopic (exact) mass is 329 g/mol. The Morgan fingerprint density at radius 3 is 2.73 bits per heavy atom. The Kier molecular flexibility index (Phi) is 3.27. The summed E-state index contributed by atoms with van der Waals surface area (Å²) >= 11 is 5.35. The molecule has 0 aliphatic heterocycles. The molecule has 1 nitrogen and oxygen atoms in total. The Labute approximate surface area is 86.4 Å². The quantitative estimate of drug-likeness (QED) is 0.622. The second-order valence-corrected chi connectivity index (χ2v) is 4.08. The topological polar surface area (TPSA) is 26.0 Å². The third-order valence-corrected chi connectivity index (χ3v) is 3.60. The number of benzene rings is 1. The summed E-state index contributed by atoms with van der Waals surface area (Å²) in [6.45, 7) is 0.237.